The van der Waals surface area contributed by atoms with Crippen LogP contribution in [0.3, 0.4) is 0 Å². The quantitative estimate of drug-likeness (QED) is 0.506. The van der Waals surface area contributed by atoms with Crippen molar-refractivity contribution in [3.63, 3.8) is 0 Å². The summed E-state index contributed by atoms with van der Waals surface area (Å²) in [5.74, 6) is 0.289. The van der Waals surface area contributed by atoms with Crippen LogP contribution in [0.2, 0.25) is 0 Å². The number of nitrogen functional groups attached to an aromatic ring is 1. The van der Waals surface area contributed by atoms with Crippen LogP contribution in [-0.4, -0.2) is 37.9 Å². The number of allylic oxidation sites excluding steroid dienone is 2. The molecule has 0 bridgehead atoms. The number of fused-ring (bicyclic) bond motifs is 1. The van der Waals surface area contributed by atoms with Gasteiger partial charge in [0, 0.05) is 0 Å². The SMILES string of the molecule is CC(C)OP(=O)(CC[C@@H]1C=C[C@H](n2cnc3c(=O)[nH]c(N)nc32)C1)OC(C)C. The molecule has 1 aliphatic rings. The van der Waals surface area contributed by atoms with Gasteiger partial charge in [0.2, 0.25) is 5.95 Å². The van der Waals surface area contributed by atoms with E-state index in [-0.39, 0.29) is 41.2 Å². The lowest BCUT2D eigenvalue weighted by Crippen LogP contribution is -2.14. The Morgan fingerprint density at radius 2 is 1.96 bits per heavy atom. The van der Waals surface area contributed by atoms with Crippen LogP contribution in [0.15, 0.2) is 23.3 Å². The van der Waals surface area contributed by atoms with Crippen molar-refractivity contribution in [3.8, 4) is 0 Å². The molecule has 0 aliphatic heterocycles. The van der Waals surface area contributed by atoms with Gasteiger partial charge in [-0.15, -0.1) is 0 Å². The lowest BCUT2D eigenvalue weighted by molar-refractivity contribution is 0.141. The summed E-state index contributed by atoms with van der Waals surface area (Å²) >= 11 is 0. The van der Waals surface area contributed by atoms with Crippen molar-refractivity contribution >= 4 is 24.7 Å². The van der Waals surface area contributed by atoms with Gasteiger partial charge in [0.25, 0.3) is 5.56 Å². The average molecular weight is 409 g/mol. The number of nitrogens with two attached hydrogens (primary N) is 1. The second-order valence-corrected chi connectivity index (χ2v) is 9.75. The van der Waals surface area contributed by atoms with Crippen LogP contribution >= 0.6 is 7.60 Å². The molecule has 28 heavy (non-hydrogen) atoms. The standard InChI is InChI=1S/C18H28N5O4P/c1-11(2)26-28(25,27-12(3)4)8-7-13-5-6-14(9-13)23-10-20-15-16(23)21-18(19)22-17(15)24/h5-6,10-14H,7-9H2,1-4H3,(H3,19,21,22,24)/t13-,14-/m0/s1. The highest BCUT2D eigenvalue weighted by atomic mass is 31.2. The number of rotatable bonds is 8. The summed E-state index contributed by atoms with van der Waals surface area (Å²) in [6.07, 6.45) is 7.28. The summed E-state index contributed by atoms with van der Waals surface area (Å²) in [5.41, 5.74) is 6.06. The molecule has 2 atom stereocenters. The lowest BCUT2D eigenvalue weighted by atomic mass is 10.1. The molecule has 0 saturated heterocycles. The Morgan fingerprint density at radius 1 is 1.29 bits per heavy atom. The minimum Gasteiger partial charge on any atom is -0.369 e. The molecular formula is C18H28N5O4P. The number of nitrogens with one attached hydrogen (secondary N) is 1. The second-order valence-electron chi connectivity index (χ2n) is 7.65. The molecule has 0 aromatic carbocycles. The summed E-state index contributed by atoms with van der Waals surface area (Å²) < 4.78 is 26.1. The van der Waals surface area contributed by atoms with Crippen LogP contribution in [0, 0.1) is 5.92 Å². The average Bonchev–Trinajstić information content (AvgIpc) is 3.17. The normalized spacial score (nSPS) is 20.1. The molecular weight excluding hydrogens is 381 g/mol. The Hall–Kier alpha value is -1.96. The largest absolute Gasteiger partial charge is 0.369 e. The smallest absolute Gasteiger partial charge is 0.331 e. The van der Waals surface area contributed by atoms with Crippen molar-refractivity contribution < 1.29 is 13.6 Å². The van der Waals surface area contributed by atoms with Gasteiger partial charge in [0.05, 0.1) is 30.7 Å². The highest BCUT2D eigenvalue weighted by Crippen LogP contribution is 2.52. The van der Waals surface area contributed by atoms with E-state index >= 15 is 0 Å². The first kappa shape index (κ1) is 20.8. The van der Waals surface area contributed by atoms with E-state index in [9.17, 15) is 9.36 Å². The molecule has 9 nitrogen and oxygen atoms in total. The van der Waals surface area contributed by atoms with Crippen LogP contribution in [-0.2, 0) is 13.6 Å². The van der Waals surface area contributed by atoms with Crippen molar-refractivity contribution in [2.45, 2.75) is 58.8 Å². The Kier molecular flexibility index (Phi) is 6.07. The molecule has 0 spiro atoms. The maximum Gasteiger partial charge on any atom is 0.331 e. The van der Waals surface area contributed by atoms with Gasteiger partial charge in [-0.05, 0) is 46.5 Å². The highest BCUT2D eigenvalue weighted by Gasteiger charge is 2.30. The van der Waals surface area contributed by atoms with Gasteiger partial charge in [-0.3, -0.25) is 14.3 Å². The summed E-state index contributed by atoms with van der Waals surface area (Å²) in [7, 11) is -3.14. The van der Waals surface area contributed by atoms with E-state index in [1.54, 1.807) is 6.33 Å². The van der Waals surface area contributed by atoms with E-state index < -0.39 is 7.60 Å². The first-order chi connectivity index (χ1) is 13.2. The predicted octanol–water partition coefficient (Wildman–Crippen LogP) is 3.25. The molecule has 0 saturated carbocycles. The molecule has 3 N–H and O–H groups in total. The zero-order chi connectivity index (χ0) is 20.5. The van der Waals surface area contributed by atoms with Crippen molar-refractivity contribution in [2.75, 3.05) is 11.9 Å². The lowest BCUT2D eigenvalue weighted by Gasteiger charge is -2.24. The van der Waals surface area contributed by atoms with Crippen LogP contribution < -0.4 is 11.3 Å². The number of nitrogens with zero attached hydrogens (tertiary/aromatic N) is 3. The maximum absolute atomic E-state index is 13.0. The number of aromatic nitrogens is 4. The van der Waals surface area contributed by atoms with Crippen molar-refractivity contribution in [3.05, 3.63) is 28.8 Å². The van der Waals surface area contributed by atoms with Gasteiger partial charge in [-0.2, -0.15) is 4.98 Å². The summed E-state index contributed by atoms with van der Waals surface area (Å²) in [6, 6.07) is 0.0140. The molecule has 0 radical (unpaired) electrons. The highest BCUT2D eigenvalue weighted by molar-refractivity contribution is 7.53. The monoisotopic (exact) mass is 409 g/mol. The molecule has 0 unspecified atom stereocenters. The molecule has 3 rings (SSSR count). The minimum atomic E-state index is -3.14. The molecule has 0 fully saturated rings. The van der Waals surface area contributed by atoms with Crippen molar-refractivity contribution in [2.24, 2.45) is 5.92 Å². The van der Waals surface area contributed by atoms with Crippen molar-refractivity contribution in [1.82, 2.24) is 19.5 Å². The molecule has 2 aromatic heterocycles. The van der Waals surface area contributed by atoms with E-state index in [4.69, 9.17) is 14.8 Å². The van der Waals surface area contributed by atoms with Gasteiger partial charge in [-0.25, -0.2) is 4.98 Å². The fourth-order valence-electron chi connectivity index (χ4n) is 3.46. The Balaban J connectivity index is 1.68. The molecule has 0 amide bonds. The summed E-state index contributed by atoms with van der Waals surface area (Å²) in [6.45, 7) is 7.41. The van der Waals surface area contributed by atoms with Crippen molar-refractivity contribution in [1.29, 1.82) is 0 Å². The van der Waals surface area contributed by atoms with Crippen LogP contribution in [0.1, 0.15) is 46.6 Å². The van der Waals surface area contributed by atoms with E-state index in [1.165, 1.54) is 0 Å². The Labute approximate surface area is 163 Å². The zero-order valence-electron chi connectivity index (χ0n) is 16.7. The van der Waals surface area contributed by atoms with Crippen LogP contribution in [0.4, 0.5) is 5.95 Å². The summed E-state index contributed by atoms with van der Waals surface area (Å²) in [4.78, 5) is 22.8. The Morgan fingerprint density at radius 3 is 2.61 bits per heavy atom. The fourth-order valence-corrected chi connectivity index (χ4v) is 5.65. The number of hydrogen-bond donors (Lipinski definition) is 2. The number of H-pyrrole nitrogens is 1. The third-order valence-corrected chi connectivity index (χ3v) is 6.77. The summed E-state index contributed by atoms with van der Waals surface area (Å²) in [5, 5.41) is 0. The topological polar surface area (TPSA) is 125 Å². The van der Waals surface area contributed by atoms with E-state index in [0.29, 0.717) is 18.2 Å². The molecule has 1 aliphatic carbocycles. The van der Waals surface area contributed by atoms with Crippen LogP contribution in [0.5, 0.6) is 0 Å². The first-order valence-electron chi connectivity index (χ1n) is 9.53. The maximum atomic E-state index is 13.0. The van der Waals surface area contributed by atoms with Gasteiger partial charge in [0.1, 0.15) is 0 Å². The fraction of sp³-hybridized carbons (Fsp3) is 0.611. The van der Waals surface area contributed by atoms with E-state index in [2.05, 4.69) is 27.1 Å². The first-order valence-corrected chi connectivity index (χ1v) is 11.3. The van der Waals surface area contributed by atoms with E-state index in [1.807, 2.05) is 32.3 Å². The zero-order valence-corrected chi connectivity index (χ0v) is 17.6. The molecule has 10 heteroatoms. The van der Waals surface area contributed by atoms with Crippen LogP contribution in [0.25, 0.3) is 11.2 Å². The number of imidazole rings is 1. The third-order valence-electron chi connectivity index (χ3n) is 4.47. The van der Waals surface area contributed by atoms with Gasteiger partial charge < -0.3 is 19.3 Å². The second kappa shape index (κ2) is 8.19. The van der Waals surface area contributed by atoms with Gasteiger partial charge >= 0.3 is 7.60 Å². The minimum absolute atomic E-state index is 0.0140. The van der Waals surface area contributed by atoms with Gasteiger partial charge in [0.15, 0.2) is 11.2 Å². The number of anilines is 1. The molecule has 154 valence electrons. The van der Waals surface area contributed by atoms with Gasteiger partial charge in [-0.1, -0.05) is 12.2 Å². The third kappa shape index (κ3) is 4.71. The Bertz CT molecular complexity index is 951. The van der Waals surface area contributed by atoms with E-state index in [0.717, 1.165) is 6.42 Å². The predicted molar refractivity (Wildman–Crippen MR) is 108 cm³/mol. The molecule has 2 aromatic rings. The number of hydrogen-bond acceptors (Lipinski definition) is 7. The number of aromatic amines is 1. The molecule has 2 heterocycles.